The number of anilines is 2. The van der Waals surface area contributed by atoms with Gasteiger partial charge in [0.2, 0.25) is 0 Å². The molecule has 0 spiro atoms. The fourth-order valence-corrected chi connectivity index (χ4v) is 2.89. The number of carbonyl (C=O) groups excluding carboxylic acids is 1. The van der Waals surface area contributed by atoms with Crippen LogP contribution in [0.4, 0.5) is 25.0 Å². The molecule has 0 bridgehead atoms. The maximum Gasteiger partial charge on any atom is 0.323 e. The number of urea groups is 1. The highest BCUT2D eigenvalue weighted by Crippen LogP contribution is 2.25. The van der Waals surface area contributed by atoms with E-state index in [1.165, 1.54) is 12.4 Å². The maximum absolute atomic E-state index is 13.3. The molecule has 3 N–H and O–H groups in total. The van der Waals surface area contributed by atoms with Crippen molar-refractivity contribution in [3.8, 4) is 11.1 Å². The van der Waals surface area contributed by atoms with E-state index in [9.17, 15) is 18.4 Å². The number of rotatable bonds is 3. The standard InChI is InChI=1S/C21H14F2N4O2/c22-17-7-5-15(10-18(17)23)27-21(29)26-14-3-1-2-12(8-14)13-4-6-16-19(9-13)24-11-25-20(16)28/h1-11H,(H,24,25,28)(H2,26,27,29). The molecule has 0 unspecified atom stereocenters. The number of amides is 2. The molecule has 0 saturated carbocycles. The molecule has 0 aliphatic rings. The first-order valence-electron chi connectivity index (χ1n) is 8.60. The number of aromatic amines is 1. The summed E-state index contributed by atoms with van der Waals surface area (Å²) in [6.07, 6.45) is 1.34. The summed E-state index contributed by atoms with van der Waals surface area (Å²) in [5, 5.41) is 5.57. The first kappa shape index (κ1) is 18.3. The number of benzene rings is 3. The second-order valence-corrected chi connectivity index (χ2v) is 6.25. The van der Waals surface area contributed by atoms with Crippen LogP contribution in [0.2, 0.25) is 0 Å². The van der Waals surface area contributed by atoms with E-state index in [2.05, 4.69) is 20.6 Å². The van der Waals surface area contributed by atoms with Crippen LogP contribution in [0.15, 0.2) is 71.8 Å². The van der Waals surface area contributed by atoms with Gasteiger partial charge in [0.15, 0.2) is 11.6 Å². The molecule has 0 aliphatic carbocycles. The number of halogens is 2. The number of hydrogen-bond acceptors (Lipinski definition) is 3. The Labute approximate surface area is 163 Å². The molecule has 8 heteroatoms. The van der Waals surface area contributed by atoms with Gasteiger partial charge in [-0.1, -0.05) is 18.2 Å². The van der Waals surface area contributed by atoms with Crippen molar-refractivity contribution in [1.29, 1.82) is 0 Å². The summed E-state index contributed by atoms with van der Waals surface area (Å²) in [5.74, 6) is -2.04. The van der Waals surface area contributed by atoms with Crippen LogP contribution >= 0.6 is 0 Å². The van der Waals surface area contributed by atoms with E-state index >= 15 is 0 Å². The number of carbonyl (C=O) groups is 1. The monoisotopic (exact) mass is 392 g/mol. The van der Waals surface area contributed by atoms with Crippen LogP contribution in [0, 0.1) is 11.6 Å². The van der Waals surface area contributed by atoms with E-state index in [1.54, 1.807) is 36.4 Å². The summed E-state index contributed by atoms with van der Waals surface area (Å²) in [5.41, 5.74) is 2.59. The minimum absolute atomic E-state index is 0.128. The minimum atomic E-state index is -1.05. The Bertz CT molecular complexity index is 1290. The summed E-state index contributed by atoms with van der Waals surface area (Å²) < 4.78 is 26.2. The van der Waals surface area contributed by atoms with Crippen LogP contribution in [0.1, 0.15) is 0 Å². The third kappa shape index (κ3) is 3.96. The van der Waals surface area contributed by atoms with Crippen LogP contribution in [0.25, 0.3) is 22.0 Å². The van der Waals surface area contributed by atoms with E-state index in [-0.39, 0.29) is 11.2 Å². The van der Waals surface area contributed by atoms with Gasteiger partial charge in [-0.15, -0.1) is 0 Å². The maximum atomic E-state index is 13.3. The SMILES string of the molecule is O=C(Nc1cccc(-c2ccc3c(=O)[nH]cnc3c2)c1)Nc1ccc(F)c(F)c1. The molecule has 1 heterocycles. The van der Waals surface area contributed by atoms with Crippen molar-refractivity contribution in [2.24, 2.45) is 0 Å². The normalized spacial score (nSPS) is 10.7. The topological polar surface area (TPSA) is 86.9 Å². The van der Waals surface area contributed by atoms with Crippen molar-refractivity contribution < 1.29 is 13.6 Å². The highest BCUT2D eigenvalue weighted by Gasteiger charge is 2.08. The molecular weight excluding hydrogens is 378 g/mol. The molecule has 0 aliphatic heterocycles. The number of nitrogens with one attached hydrogen (secondary N) is 3. The first-order valence-corrected chi connectivity index (χ1v) is 8.60. The molecule has 0 radical (unpaired) electrons. The quantitative estimate of drug-likeness (QED) is 0.479. The molecule has 0 saturated heterocycles. The summed E-state index contributed by atoms with van der Waals surface area (Å²) in [6.45, 7) is 0. The number of H-pyrrole nitrogens is 1. The van der Waals surface area contributed by atoms with Crippen LogP contribution < -0.4 is 16.2 Å². The Balaban J connectivity index is 1.55. The lowest BCUT2D eigenvalue weighted by atomic mass is 10.0. The Morgan fingerprint density at radius 3 is 2.41 bits per heavy atom. The van der Waals surface area contributed by atoms with E-state index < -0.39 is 17.7 Å². The average molecular weight is 392 g/mol. The zero-order valence-corrected chi connectivity index (χ0v) is 14.9. The lowest BCUT2D eigenvalue weighted by Crippen LogP contribution is -2.19. The van der Waals surface area contributed by atoms with E-state index in [0.717, 1.165) is 23.3 Å². The highest BCUT2D eigenvalue weighted by atomic mass is 19.2. The molecule has 6 nitrogen and oxygen atoms in total. The van der Waals surface area contributed by atoms with Gasteiger partial charge in [-0.05, 0) is 47.5 Å². The molecule has 0 fully saturated rings. The number of nitrogens with zero attached hydrogens (tertiary/aromatic N) is 1. The Morgan fingerprint density at radius 1 is 0.862 bits per heavy atom. The number of fused-ring (bicyclic) bond motifs is 1. The number of hydrogen-bond donors (Lipinski definition) is 3. The molecule has 4 rings (SSSR count). The van der Waals surface area contributed by atoms with Crippen LogP contribution in [0.3, 0.4) is 0 Å². The molecule has 2 amide bonds. The predicted octanol–water partition coefficient (Wildman–Crippen LogP) is 4.51. The van der Waals surface area contributed by atoms with Gasteiger partial charge in [0.25, 0.3) is 5.56 Å². The average Bonchev–Trinajstić information content (AvgIpc) is 2.71. The molecule has 0 atom stereocenters. The van der Waals surface area contributed by atoms with Crippen molar-refractivity contribution in [2.75, 3.05) is 10.6 Å². The predicted molar refractivity (Wildman–Crippen MR) is 107 cm³/mol. The van der Waals surface area contributed by atoms with Gasteiger partial charge < -0.3 is 15.6 Å². The fourth-order valence-electron chi connectivity index (χ4n) is 2.89. The second-order valence-electron chi connectivity index (χ2n) is 6.25. The van der Waals surface area contributed by atoms with Gasteiger partial charge in [0.1, 0.15) is 0 Å². The molecule has 29 heavy (non-hydrogen) atoms. The number of aromatic nitrogens is 2. The van der Waals surface area contributed by atoms with Crippen molar-refractivity contribution in [1.82, 2.24) is 9.97 Å². The van der Waals surface area contributed by atoms with Gasteiger partial charge in [-0.25, -0.2) is 18.6 Å². The Hall–Kier alpha value is -4.07. The Kier molecular flexibility index (Phi) is 4.74. The van der Waals surface area contributed by atoms with Crippen molar-refractivity contribution in [3.63, 3.8) is 0 Å². The van der Waals surface area contributed by atoms with Gasteiger partial charge in [-0.3, -0.25) is 4.79 Å². The molecule has 1 aromatic heterocycles. The van der Waals surface area contributed by atoms with Crippen molar-refractivity contribution >= 4 is 28.3 Å². The summed E-state index contributed by atoms with van der Waals surface area (Å²) in [4.78, 5) is 30.6. The van der Waals surface area contributed by atoms with Crippen LogP contribution in [0.5, 0.6) is 0 Å². The summed E-state index contributed by atoms with van der Waals surface area (Å²) in [7, 11) is 0. The first-order chi connectivity index (χ1) is 14.0. The van der Waals surface area contributed by atoms with Gasteiger partial charge in [0, 0.05) is 17.4 Å². The minimum Gasteiger partial charge on any atom is -0.313 e. The van der Waals surface area contributed by atoms with Crippen LogP contribution in [-0.4, -0.2) is 16.0 Å². The van der Waals surface area contributed by atoms with Crippen molar-refractivity contribution in [2.45, 2.75) is 0 Å². The van der Waals surface area contributed by atoms with Crippen LogP contribution in [-0.2, 0) is 0 Å². The fraction of sp³-hybridized carbons (Fsp3) is 0. The second kappa shape index (κ2) is 7.51. The summed E-state index contributed by atoms with van der Waals surface area (Å²) in [6, 6.07) is 14.8. The largest absolute Gasteiger partial charge is 0.323 e. The zero-order chi connectivity index (χ0) is 20.4. The third-order valence-corrected chi connectivity index (χ3v) is 4.27. The van der Waals surface area contributed by atoms with Gasteiger partial charge in [-0.2, -0.15) is 0 Å². The smallest absolute Gasteiger partial charge is 0.313 e. The Morgan fingerprint density at radius 2 is 1.62 bits per heavy atom. The highest BCUT2D eigenvalue weighted by molar-refractivity contribution is 6.00. The van der Waals surface area contributed by atoms with Gasteiger partial charge in [0.05, 0.1) is 17.2 Å². The molecule has 4 aromatic rings. The van der Waals surface area contributed by atoms with E-state index in [1.807, 2.05) is 6.07 Å². The van der Waals surface area contributed by atoms with E-state index in [4.69, 9.17) is 0 Å². The molecule has 144 valence electrons. The lowest BCUT2D eigenvalue weighted by Gasteiger charge is -2.10. The zero-order valence-electron chi connectivity index (χ0n) is 14.9. The molecular formula is C21H14F2N4O2. The van der Waals surface area contributed by atoms with Gasteiger partial charge >= 0.3 is 6.03 Å². The lowest BCUT2D eigenvalue weighted by molar-refractivity contribution is 0.262. The molecule has 3 aromatic carbocycles. The third-order valence-electron chi connectivity index (χ3n) is 4.27. The van der Waals surface area contributed by atoms with Crippen molar-refractivity contribution in [3.05, 3.63) is 89.0 Å². The summed E-state index contributed by atoms with van der Waals surface area (Å²) >= 11 is 0. The van der Waals surface area contributed by atoms with E-state index in [0.29, 0.717) is 16.6 Å².